The molecular weight excluding hydrogens is 322 g/mol. The molecule has 2 saturated heterocycles. The van der Waals surface area contributed by atoms with E-state index in [0.29, 0.717) is 6.04 Å². The Balaban J connectivity index is 1.56. The van der Waals surface area contributed by atoms with Gasteiger partial charge in [-0.3, -0.25) is 9.88 Å². The van der Waals surface area contributed by atoms with Crippen LogP contribution in [0.15, 0.2) is 30.3 Å². The minimum Gasteiger partial charge on any atom is -0.381 e. The van der Waals surface area contributed by atoms with Crippen LogP contribution in [0.2, 0.25) is 0 Å². The van der Waals surface area contributed by atoms with Gasteiger partial charge < -0.3 is 9.64 Å². The van der Waals surface area contributed by atoms with Gasteiger partial charge in [-0.1, -0.05) is 31.5 Å². The fraction of sp³-hybridized carbons (Fsp3) is 0.591. The van der Waals surface area contributed by atoms with Gasteiger partial charge in [0.15, 0.2) is 0 Å². The van der Waals surface area contributed by atoms with Crippen molar-refractivity contribution >= 4 is 16.6 Å². The third kappa shape index (κ3) is 3.86. The fourth-order valence-electron chi connectivity index (χ4n) is 4.45. The number of benzene rings is 1. The van der Waals surface area contributed by atoms with Gasteiger partial charge in [-0.25, -0.2) is 0 Å². The molecular formula is C22H31N3O. The second-order valence-corrected chi connectivity index (χ2v) is 7.62. The molecule has 0 amide bonds. The van der Waals surface area contributed by atoms with Crippen LogP contribution in [0.5, 0.6) is 0 Å². The monoisotopic (exact) mass is 353 g/mol. The molecule has 0 unspecified atom stereocenters. The summed E-state index contributed by atoms with van der Waals surface area (Å²) in [6.45, 7) is 8.71. The molecule has 4 nitrogen and oxygen atoms in total. The summed E-state index contributed by atoms with van der Waals surface area (Å²) in [5, 5.41) is 1.30. The molecule has 0 radical (unpaired) electrons. The maximum atomic E-state index is 5.55. The SMILES string of the molecule is CCCc1cc(N2CCCN(C3CCOCC3)CC2)c2ccccc2n1. The second kappa shape index (κ2) is 8.36. The lowest BCUT2D eigenvalue weighted by Gasteiger charge is -2.33. The average Bonchev–Trinajstić information content (AvgIpc) is 2.94. The predicted octanol–water partition coefficient (Wildman–Crippen LogP) is 3.88. The van der Waals surface area contributed by atoms with E-state index in [1.165, 1.54) is 42.6 Å². The van der Waals surface area contributed by atoms with E-state index in [-0.39, 0.29) is 0 Å². The van der Waals surface area contributed by atoms with Crippen LogP contribution < -0.4 is 4.90 Å². The van der Waals surface area contributed by atoms with Crippen LogP contribution in [0.3, 0.4) is 0 Å². The van der Waals surface area contributed by atoms with E-state index < -0.39 is 0 Å². The molecule has 1 aromatic heterocycles. The Hall–Kier alpha value is -1.65. The van der Waals surface area contributed by atoms with Crippen LogP contribution in [0.1, 0.15) is 38.3 Å². The molecule has 3 heterocycles. The second-order valence-electron chi connectivity index (χ2n) is 7.62. The first-order valence-corrected chi connectivity index (χ1v) is 10.3. The lowest BCUT2D eigenvalue weighted by atomic mass is 10.1. The maximum Gasteiger partial charge on any atom is 0.0726 e. The zero-order valence-corrected chi connectivity index (χ0v) is 16.0. The van der Waals surface area contributed by atoms with Crippen LogP contribution in [-0.4, -0.2) is 55.3 Å². The van der Waals surface area contributed by atoms with Crippen LogP contribution >= 0.6 is 0 Å². The Bertz CT molecular complexity index is 726. The molecule has 2 aliphatic heterocycles. The van der Waals surface area contributed by atoms with E-state index in [2.05, 4.69) is 47.1 Å². The van der Waals surface area contributed by atoms with Crippen LogP contribution in [0.4, 0.5) is 5.69 Å². The van der Waals surface area contributed by atoms with Crippen LogP contribution in [-0.2, 0) is 11.2 Å². The molecule has 0 bridgehead atoms. The standard InChI is InChI=1S/C22H31N3O/c1-2-6-18-17-22(20-7-3-4-8-21(20)23-18)25-12-5-11-24(13-14-25)19-9-15-26-16-10-19/h3-4,7-8,17,19H,2,5-6,9-16H2,1H3. The summed E-state index contributed by atoms with van der Waals surface area (Å²) in [6.07, 6.45) is 5.82. The van der Waals surface area contributed by atoms with E-state index in [1.807, 2.05) is 0 Å². The third-order valence-electron chi connectivity index (χ3n) is 5.83. The number of hydrogen-bond donors (Lipinski definition) is 0. The summed E-state index contributed by atoms with van der Waals surface area (Å²) < 4.78 is 5.55. The highest BCUT2D eigenvalue weighted by molar-refractivity contribution is 5.92. The number of anilines is 1. The highest BCUT2D eigenvalue weighted by atomic mass is 16.5. The number of rotatable bonds is 4. The lowest BCUT2D eigenvalue weighted by molar-refractivity contribution is 0.0365. The highest BCUT2D eigenvalue weighted by Gasteiger charge is 2.24. The normalized spacial score (nSPS) is 20.4. The predicted molar refractivity (Wildman–Crippen MR) is 108 cm³/mol. The highest BCUT2D eigenvalue weighted by Crippen LogP contribution is 2.29. The Kier molecular flexibility index (Phi) is 5.71. The first kappa shape index (κ1) is 17.7. The largest absolute Gasteiger partial charge is 0.381 e. The molecule has 4 rings (SSSR count). The lowest BCUT2D eigenvalue weighted by Crippen LogP contribution is -2.41. The van der Waals surface area contributed by atoms with Crippen molar-refractivity contribution in [1.29, 1.82) is 0 Å². The number of aryl methyl sites for hydroxylation is 1. The van der Waals surface area contributed by atoms with Gasteiger partial charge in [0, 0.05) is 62.2 Å². The first-order valence-electron chi connectivity index (χ1n) is 10.3. The zero-order valence-electron chi connectivity index (χ0n) is 16.0. The van der Waals surface area contributed by atoms with E-state index in [1.54, 1.807) is 0 Å². The minimum atomic E-state index is 0.716. The van der Waals surface area contributed by atoms with E-state index in [9.17, 15) is 0 Å². The molecule has 2 aliphatic rings. The first-order chi connectivity index (χ1) is 12.8. The van der Waals surface area contributed by atoms with Gasteiger partial charge in [-0.15, -0.1) is 0 Å². The number of hydrogen-bond acceptors (Lipinski definition) is 4. The summed E-state index contributed by atoms with van der Waals surface area (Å²) >= 11 is 0. The van der Waals surface area contributed by atoms with Gasteiger partial charge in [0.25, 0.3) is 0 Å². The van der Waals surface area contributed by atoms with Crippen molar-refractivity contribution in [1.82, 2.24) is 9.88 Å². The fourth-order valence-corrected chi connectivity index (χ4v) is 4.45. The number of ether oxygens (including phenoxy) is 1. The number of nitrogens with zero attached hydrogens (tertiary/aromatic N) is 3. The summed E-state index contributed by atoms with van der Waals surface area (Å²) in [4.78, 5) is 10.2. The van der Waals surface area contributed by atoms with Crippen molar-refractivity contribution in [2.24, 2.45) is 0 Å². The number of aromatic nitrogens is 1. The minimum absolute atomic E-state index is 0.716. The summed E-state index contributed by atoms with van der Waals surface area (Å²) in [5.41, 5.74) is 3.75. The molecule has 140 valence electrons. The Morgan fingerprint density at radius 3 is 2.77 bits per heavy atom. The average molecular weight is 354 g/mol. The Labute approximate surface area is 157 Å². The topological polar surface area (TPSA) is 28.6 Å². The van der Waals surface area contributed by atoms with Crippen LogP contribution in [0.25, 0.3) is 10.9 Å². The quantitative estimate of drug-likeness (QED) is 0.834. The van der Waals surface area contributed by atoms with Gasteiger partial charge in [-0.05, 0) is 37.8 Å². The molecule has 1 aromatic carbocycles. The van der Waals surface area contributed by atoms with E-state index >= 15 is 0 Å². The smallest absolute Gasteiger partial charge is 0.0726 e. The molecule has 0 saturated carbocycles. The molecule has 2 aromatic rings. The molecule has 26 heavy (non-hydrogen) atoms. The van der Waals surface area contributed by atoms with Crippen molar-refractivity contribution < 1.29 is 4.74 Å². The number of fused-ring (bicyclic) bond motifs is 1. The molecule has 0 spiro atoms. The molecule has 2 fully saturated rings. The molecule has 4 heteroatoms. The Morgan fingerprint density at radius 1 is 1.08 bits per heavy atom. The van der Waals surface area contributed by atoms with E-state index in [0.717, 1.165) is 51.2 Å². The van der Waals surface area contributed by atoms with Crippen molar-refractivity contribution in [2.45, 2.75) is 45.1 Å². The van der Waals surface area contributed by atoms with Gasteiger partial charge >= 0.3 is 0 Å². The van der Waals surface area contributed by atoms with E-state index in [4.69, 9.17) is 9.72 Å². The van der Waals surface area contributed by atoms with Gasteiger partial charge in [-0.2, -0.15) is 0 Å². The zero-order chi connectivity index (χ0) is 17.8. The summed E-state index contributed by atoms with van der Waals surface area (Å²) in [6, 6.07) is 11.7. The summed E-state index contributed by atoms with van der Waals surface area (Å²) in [5.74, 6) is 0. The van der Waals surface area contributed by atoms with Gasteiger partial charge in [0.05, 0.1) is 5.52 Å². The van der Waals surface area contributed by atoms with Crippen molar-refractivity contribution in [2.75, 3.05) is 44.3 Å². The maximum absolute atomic E-state index is 5.55. The molecule has 0 N–H and O–H groups in total. The number of para-hydroxylation sites is 1. The summed E-state index contributed by atoms with van der Waals surface area (Å²) in [7, 11) is 0. The van der Waals surface area contributed by atoms with Crippen LogP contribution in [0, 0.1) is 0 Å². The Morgan fingerprint density at radius 2 is 1.92 bits per heavy atom. The van der Waals surface area contributed by atoms with Crippen molar-refractivity contribution in [3.63, 3.8) is 0 Å². The van der Waals surface area contributed by atoms with Crippen molar-refractivity contribution in [3.8, 4) is 0 Å². The van der Waals surface area contributed by atoms with Gasteiger partial charge in [0.2, 0.25) is 0 Å². The van der Waals surface area contributed by atoms with Gasteiger partial charge in [0.1, 0.15) is 0 Å². The third-order valence-corrected chi connectivity index (χ3v) is 5.83. The van der Waals surface area contributed by atoms with Crippen molar-refractivity contribution in [3.05, 3.63) is 36.0 Å². The molecule has 0 aliphatic carbocycles. The number of pyridine rings is 1. The molecule has 0 atom stereocenters.